The Morgan fingerprint density at radius 3 is 2.45 bits per heavy atom. The highest BCUT2D eigenvalue weighted by molar-refractivity contribution is 5.90. The van der Waals surface area contributed by atoms with Crippen molar-refractivity contribution in [2.24, 2.45) is 0 Å². The fourth-order valence-electron chi connectivity index (χ4n) is 1.80. The fraction of sp³-hybridized carbons (Fsp3) is 0.231. The fourth-order valence-corrected chi connectivity index (χ4v) is 1.80. The summed E-state index contributed by atoms with van der Waals surface area (Å²) in [6.45, 7) is 3.26. The molecule has 0 radical (unpaired) electrons. The van der Waals surface area contributed by atoms with Crippen LogP contribution in [0.1, 0.15) is 11.4 Å². The zero-order valence-corrected chi connectivity index (χ0v) is 11.1. The molecule has 2 aromatic rings. The van der Waals surface area contributed by atoms with Gasteiger partial charge in [-0.3, -0.25) is 9.48 Å². The standard InChI is InChI=1S/C13H14F2N4O/c1-7-12(16)8(2)19(18-7)6-11(20)17-13-9(14)4-3-5-10(13)15/h3-5H,6,16H2,1-2H3,(H,17,20). The van der Waals surface area contributed by atoms with Crippen LogP contribution in [0.15, 0.2) is 18.2 Å². The minimum Gasteiger partial charge on any atom is -0.396 e. The third kappa shape index (κ3) is 2.61. The topological polar surface area (TPSA) is 72.9 Å². The maximum absolute atomic E-state index is 13.4. The van der Waals surface area contributed by atoms with Crippen LogP contribution < -0.4 is 11.1 Å². The maximum atomic E-state index is 13.4. The van der Waals surface area contributed by atoms with Crippen LogP contribution in [-0.4, -0.2) is 15.7 Å². The van der Waals surface area contributed by atoms with Crippen molar-refractivity contribution < 1.29 is 13.6 Å². The van der Waals surface area contributed by atoms with Gasteiger partial charge < -0.3 is 11.1 Å². The molecule has 1 aromatic heterocycles. The summed E-state index contributed by atoms with van der Waals surface area (Å²) < 4.78 is 28.2. The summed E-state index contributed by atoms with van der Waals surface area (Å²) in [7, 11) is 0. The number of nitrogens with zero attached hydrogens (tertiary/aromatic N) is 2. The van der Waals surface area contributed by atoms with Crippen molar-refractivity contribution in [3.63, 3.8) is 0 Å². The zero-order chi connectivity index (χ0) is 14.9. The summed E-state index contributed by atoms with van der Waals surface area (Å²) >= 11 is 0. The van der Waals surface area contributed by atoms with Crippen LogP contribution >= 0.6 is 0 Å². The molecule has 0 aliphatic heterocycles. The number of hydrogen-bond acceptors (Lipinski definition) is 3. The van der Waals surface area contributed by atoms with Gasteiger partial charge in [0.1, 0.15) is 23.9 Å². The number of amides is 1. The van der Waals surface area contributed by atoms with Crippen molar-refractivity contribution in [2.75, 3.05) is 11.1 Å². The summed E-state index contributed by atoms with van der Waals surface area (Å²) in [6.07, 6.45) is 0. The number of rotatable bonds is 3. The van der Waals surface area contributed by atoms with E-state index in [0.29, 0.717) is 17.1 Å². The Bertz CT molecular complexity index is 646. The second-order valence-corrected chi connectivity index (χ2v) is 4.39. The van der Waals surface area contributed by atoms with E-state index in [1.165, 1.54) is 10.7 Å². The number of anilines is 2. The molecular weight excluding hydrogens is 266 g/mol. The average molecular weight is 280 g/mol. The third-order valence-electron chi connectivity index (χ3n) is 2.96. The number of carbonyl (C=O) groups is 1. The summed E-state index contributed by atoms with van der Waals surface area (Å²) in [5.74, 6) is -2.24. The van der Waals surface area contributed by atoms with Crippen molar-refractivity contribution in [2.45, 2.75) is 20.4 Å². The Kier molecular flexibility index (Phi) is 3.69. The summed E-state index contributed by atoms with van der Waals surface area (Å²) in [6, 6.07) is 3.36. The van der Waals surface area contributed by atoms with Crippen LogP contribution in [0.4, 0.5) is 20.2 Å². The van der Waals surface area contributed by atoms with E-state index >= 15 is 0 Å². The molecule has 7 heteroatoms. The van der Waals surface area contributed by atoms with Crippen LogP contribution in [0.25, 0.3) is 0 Å². The van der Waals surface area contributed by atoms with Gasteiger partial charge in [-0.2, -0.15) is 5.10 Å². The van der Waals surface area contributed by atoms with Gasteiger partial charge in [-0.15, -0.1) is 0 Å². The monoisotopic (exact) mass is 280 g/mol. The normalized spacial score (nSPS) is 10.6. The molecule has 5 nitrogen and oxygen atoms in total. The molecular formula is C13H14F2N4O. The Morgan fingerprint density at radius 1 is 1.35 bits per heavy atom. The highest BCUT2D eigenvalue weighted by atomic mass is 19.1. The van der Waals surface area contributed by atoms with Gasteiger partial charge in [-0.25, -0.2) is 8.78 Å². The predicted molar refractivity (Wildman–Crippen MR) is 71.1 cm³/mol. The third-order valence-corrected chi connectivity index (χ3v) is 2.96. The van der Waals surface area contributed by atoms with Gasteiger partial charge in [0.25, 0.3) is 0 Å². The van der Waals surface area contributed by atoms with Gasteiger partial charge in [0.05, 0.1) is 17.1 Å². The van der Waals surface area contributed by atoms with Crippen molar-refractivity contribution in [3.05, 3.63) is 41.2 Å². The molecule has 0 saturated heterocycles. The molecule has 20 heavy (non-hydrogen) atoms. The minimum atomic E-state index is -0.828. The van der Waals surface area contributed by atoms with Crippen molar-refractivity contribution in [3.8, 4) is 0 Å². The molecule has 0 fully saturated rings. The second-order valence-electron chi connectivity index (χ2n) is 4.39. The van der Waals surface area contributed by atoms with E-state index in [0.717, 1.165) is 12.1 Å². The van der Waals surface area contributed by atoms with Crippen LogP contribution in [-0.2, 0) is 11.3 Å². The van der Waals surface area contributed by atoms with Gasteiger partial charge >= 0.3 is 0 Å². The molecule has 0 atom stereocenters. The number of nitrogens with two attached hydrogens (primary N) is 1. The summed E-state index contributed by atoms with van der Waals surface area (Å²) in [5.41, 5.74) is 7.01. The molecule has 0 saturated carbocycles. The first-order valence-corrected chi connectivity index (χ1v) is 5.93. The first kappa shape index (κ1) is 14.0. The highest BCUT2D eigenvalue weighted by Gasteiger charge is 2.15. The number of nitrogens with one attached hydrogen (secondary N) is 1. The SMILES string of the molecule is Cc1nn(CC(=O)Nc2c(F)cccc2F)c(C)c1N. The number of hydrogen-bond donors (Lipinski definition) is 2. The molecule has 0 aliphatic rings. The maximum Gasteiger partial charge on any atom is 0.246 e. The smallest absolute Gasteiger partial charge is 0.246 e. The molecule has 0 aliphatic carbocycles. The number of carbonyl (C=O) groups excluding carboxylic acids is 1. The van der Waals surface area contributed by atoms with E-state index in [1.54, 1.807) is 13.8 Å². The first-order chi connectivity index (χ1) is 9.40. The Hall–Kier alpha value is -2.44. The molecule has 106 valence electrons. The van der Waals surface area contributed by atoms with E-state index in [2.05, 4.69) is 10.4 Å². The predicted octanol–water partition coefficient (Wildman–Crippen LogP) is 2.00. The molecule has 3 N–H and O–H groups in total. The van der Waals surface area contributed by atoms with E-state index in [-0.39, 0.29) is 6.54 Å². The number of aryl methyl sites for hydroxylation is 1. The molecule has 1 heterocycles. The lowest BCUT2D eigenvalue weighted by atomic mass is 10.3. The van der Waals surface area contributed by atoms with Gasteiger partial charge in [-0.05, 0) is 26.0 Å². The Balaban J connectivity index is 2.15. The quantitative estimate of drug-likeness (QED) is 0.903. The lowest BCUT2D eigenvalue weighted by Gasteiger charge is -2.08. The van der Waals surface area contributed by atoms with E-state index in [9.17, 15) is 13.6 Å². The lowest BCUT2D eigenvalue weighted by Crippen LogP contribution is -2.21. The van der Waals surface area contributed by atoms with Gasteiger partial charge in [0.2, 0.25) is 5.91 Å². The first-order valence-electron chi connectivity index (χ1n) is 5.93. The van der Waals surface area contributed by atoms with Crippen molar-refractivity contribution >= 4 is 17.3 Å². The van der Waals surface area contributed by atoms with Crippen molar-refractivity contribution in [1.29, 1.82) is 0 Å². The molecule has 1 amide bonds. The second kappa shape index (κ2) is 5.28. The van der Waals surface area contributed by atoms with Gasteiger partial charge in [0.15, 0.2) is 0 Å². The molecule has 0 bridgehead atoms. The highest BCUT2D eigenvalue weighted by Crippen LogP contribution is 2.18. The molecule has 1 aromatic carbocycles. The number of para-hydroxylation sites is 1. The largest absolute Gasteiger partial charge is 0.396 e. The molecule has 0 unspecified atom stereocenters. The van der Waals surface area contributed by atoms with Crippen LogP contribution in [0.3, 0.4) is 0 Å². The summed E-state index contributed by atoms with van der Waals surface area (Å²) in [5, 5.41) is 6.27. The van der Waals surface area contributed by atoms with Crippen LogP contribution in [0, 0.1) is 25.5 Å². The van der Waals surface area contributed by atoms with E-state index in [4.69, 9.17) is 5.73 Å². The number of nitrogen functional groups attached to an aromatic ring is 1. The molecule has 2 rings (SSSR count). The zero-order valence-electron chi connectivity index (χ0n) is 11.1. The van der Waals surface area contributed by atoms with Gasteiger partial charge in [0, 0.05) is 0 Å². The lowest BCUT2D eigenvalue weighted by molar-refractivity contribution is -0.117. The van der Waals surface area contributed by atoms with E-state index in [1.807, 2.05) is 0 Å². The average Bonchev–Trinajstić information content (AvgIpc) is 2.62. The summed E-state index contributed by atoms with van der Waals surface area (Å²) in [4.78, 5) is 11.8. The Labute approximate surface area is 114 Å². The number of halogens is 2. The van der Waals surface area contributed by atoms with Crippen LogP contribution in [0.5, 0.6) is 0 Å². The minimum absolute atomic E-state index is 0.169. The van der Waals surface area contributed by atoms with Crippen molar-refractivity contribution in [1.82, 2.24) is 9.78 Å². The van der Waals surface area contributed by atoms with Crippen LogP contribution in [0.2, 0.25) is 0 Å². The van der Waals surface area contributed by atoms with Gasteiger partial charge in [-0.1, -0.05) is 6.07 Å². The molecule has 0 spiro atoms. The van der Waals surface area contributed by atoms with E-state index < -0.39 is 23.2 Å². The number of aromatic nitrogens is 2. The Morgan fingerprint density at radius 2 is 1.95 bits per heavy atom. The number of benzene rings is 1.